The fourth-order valence-corrected chi connectivity index (χ4v) is 3.32. The van der Waals surface area contributed by atoms with Gasteiger partial charge in [-0.1, -0.05) is 12.8 Å². The van der Waals surface area contributed by atoms with Crippen molar-refractivity contribution in [1.29, 1.82) is 0 Å². The number of piperidine rings is 1. The lowest BCUT2D eigenvalue weighted by molar-refractivity contribution is -0.130. The van der Waals surface area contributed by atoms with Gasteiger partial charge in [-0.2, -0.15) is 0 Å². The van der Waals surface area contributed by atoms with Gasteiger partial charge in [0.2, 0.25) is 5.91 Å². The Bertz CT molecular complexity index is 362. The monoisotopic (exact) mass is 264 g/mol. The van der Waals surface area contributed by atoms with Crippen molar-refractivity contribution in [2.24, 2.45) is 4.99 Å². The van der Waals surface area contributed by atoms with Gasteiger partial charge in [0, 0.05) is 13.1 Å². The molecule has 1 aliphatic carbocycles. The van der Waals surface area contributed by atoms with Crippen LogP contribution >= 0.6 is 0 Å². The van der Waals surface area contributed by atoms with Crippen LogP contribution in [0.1, 0.15) is 44.9 Å². The van der Waals surface area contributed by atoms with Gasteiger partial charge in [0.15, 0.2) is 5.96 Å². The summed E-state index contributed by atoms with van der Waals surface area (Å²) in [5, 5.41) is 6.60. The summed E-state index contributed by atoms with van der Waals surface area (Å²) in [6, 6.07) is 0.933. The molecule has 2 aliphatic heterocycles. The average Bonchev–Trinajstić information content (AvgIpc) is 2.88. The molecule has 0 bridgehead atoms. The van der Waals surface area contributed by atoms with E-state index in [1.807, 2.05) is 4.90 Å². The lowest BCUT2D eigenvalue weighted by atomic mass is 9.92. The Kier molecular flexibility index (Phi) is 3.89. The maximum atomic E-state index is 12.0. The number of rotatable bonds is 2. The first-order chi connectivity index (χ1) is 9.33. The number of aliphatic imine (C=N–C) groups is 1. The van der Waals surface area contributed by atoms with Crippen LogP contribution in [-0.4, -0.2) is 48.5 Å². The second-order valence-corrected chi connectivity index (χ2v) is 5.88. The minimum atomic E-state index is 0.207. The number of hydrogen-bond acceptors (Lipinski definition) is 4. The number of carbonyl (C=O) groups is 1. The zero-order valence-corrected chi connectivity index (χ0v) is 11.5. The Balaban J connectivity index is 1.45. The van der Waals surface area contributed by atoms with E-state index in [0.29, 0.717) is 18.6 Å². The largest absolute Gasteiger partial charge is 0.352 e. The topological polar surface area (TPSA) is 56.7 Å². The van der Waals surface area contributed by atoms with Crippen LogP contribution < -0.4 is 10.6 Å². The number of guanidine groups is 1. The number of nitrogens with zero attached hydrogens (tertiary/aromatic N) is 2. The molecule has 0 spiro atoms. The highest BCUT2D eigenvalue weighted by molar-refractivity contribution is 5.87. The van der Waals surface area contributed by atoms with Gasteiger partial charge in [-0.15, -0.1) is 0 Å². The highest BCUT2D eigenvalue weighted by atomic mass is 16.2. The second-order valence-electron chi connectivity index (χ2n) is 5.88. The van der Waals surface area contributed by atoms with Crippen LogP contribution in [-0.2, 0) is 4.79 Å². The molecular formula is C14H24N4O. The number of hydrogen-bond donors (Lipinski definition) is 2. The molecule has 1 saturated carbocycles. The highest BCUT2D eigenvalue weighted by Gasteiger charge is 2.30. The van der Waals surface area contributed by atoms with E-state index in [0.717, 1.165) is 31.9 Å². The zero-order chi connectivity index (χ0) is 13.1. The number of amides is 1. The molecule has 5 nitrogen and oxygen atoms in total. The number of carbonyl (C=O) groups excluding carboxylic acids is 1. The smallest absolute Gasteiger partial charge is 0.241 e. The Morgan fingerprint density at radius 1 is 1.21 bits per heavy atom. The normalized spacial score (nSPS) is 30.3. The summed E-state index contributed by atoms with van der Waals surface area (Å²) < 4.78 is 0. The molecule has 0 aromatic carbocycles. The summed E-state index contributed by atoms with van der Waals surface area (Å²) >= 11 is 0. The van der Waals surface area contributed by atoms with Crippen molar-refractivity contribution in [1.82, 2.24) is 15.5 Å². The van der Waals surface area contributed by atoms with Gasteiger partial charge in [0.1, 0.15) is 0 Å². The number of nitrogens with one attached hydrogen (secondary N) is 2. The van der Waals surface area contributed by atoms with E-state index in [1.54, 1.807) is 0 Å². The first-order valence-corrected chi connectivity index (χ1v) is 7.69. The molecule has 0 aromatic rings. The molecular weight excluding hydrogens is 240 g/mol. The molecule has 2 atom stereocenters. The molecule has 1 amide bonds. The fraction of sp³-hybridized carbons (Fsp3) is 0.857. The van der Waals surface area contributed by atoms with Crippen LogP contribution in [0, 0.1) is 0 Å². The Morgan fingerprint density at radius 2 is 2.00 bits per heavy atom. The van der Waals surface area contributed by atoms with Crippen LogP contribution in [0.3, 0.4) is 0 Å². The van der Waals surface area contributed by atoms with E-state index in [-0.39, 0.29) is 5.91 Å². The van der Waals surface area contributed by atoms with Crippen molar-refractivity contribution in [3.8, 4) is 0 Å². The van der Waals surface area contributed by atoms with E-state index < -0.39 is 0 Å². The molecule has 0 unspecified atom stereocenters. The van der Waals surface area contributed by atoms with Crippen molar-refractivity contribution >= 4 is 11.9 Å². The third kappa shape index (κ3) is 3.01. The number of fused-ring (bicyclic) bond motifs is 1. The van der Waals surface area contributed by atoms with Gasteiger partial charge in [0.05, 0.1) is 18.6 Å². The van der Waals surface area contributed by atoms with E-state index >= 15 is 0 Å². The predicted octanol–water partition coefficient (Wildman–Crippen LogP) is 0.859. The minimum absolute atomic E-state index is 0.207. The molecule has 2 heterocycles. The van der Waals surface area contributed by atoms with Gasteiger partial charge < -0.3 is 15.5 Å². The van der Waals surface area contributed by atoms with Gasteiger partial charge in [0.25, 0.3) is 0 Å². The van der Waals surface area contributed by atoms with Crippen molar-refractivity contribution in [3.05, 3.63) is 0 Å². The standard InChI is InChI=1S/C14H24N4O/c19-13(18-8-4-1-5-9-18)10-15-14-16-11-6-2-3-7-12(11)17-14/h11-12H,1-10H2,(H2,15,16,17)/t11-,12+. The molecule has 3 rings (SSSR count). The predicted molar refractivity (Wildman–Crippen MR) is 75.0 cm³/mol. The fourth-order valence-electron chi connectivity index (χ4n) is 3.32. The average molecular weight is 264 g/mol. The van der Waals surface area contributed by atoms with E-state index in [1.165, 1.54) is 32.1 Å². The molecule has 5 heteroatoms. The van der Waals surface area contributed by atoms with E-state index in [4.69, 9.17) is 0 Å². The van der Waals surface area contributed by atoms with Crippen molar-refractivity contribution in [2.45, 2.75) is 57.0 Å². The Labute approximate surface area is 114 Å². The lowest BCUT2D eigenvalue weighted by Gasteiger charge is -2.27. The molecule has 2 fully saturated rings. The van der Waals surface area contributed by atoms with Crippen molar-refractivity contribution < 1.29 is 4.79 Å². The van der Waals surface area contributed by atoms with Gasteiger partial charge in [-0.3, -0.25) is 4.79 Å². The third-order valence-electron chi connectivity index (χ3n) is 4.46. The lowest BCUT2D eigenvalue weighted by Crippen LogP contribution is -2.46. The van der Waals surface area contributed by atoms with E-state index in [2.05, 4.69) is 15.6 Å². The van der Waals surface area contributed by atoms with Crippen molar-refractivity contribution in [2.75, 3.05) is 19.6 Å². The molecule has 19 heavy (non-hydrogen) atoms. The van der Waals surface area contributed by atoms with Gasteiger partial charge in [-0.05, 0) is 32.1 Å². The third-order valence-corrected chi connectivity index (χ3v) is 4.46. The maximum Gasteiger partial charge on any atom is 0.241 e. The molecule has 3 aliphatic rings. The minimum Gasteiger partial charge on any atom is -0.352 e. The first-order valence-electron chi connectivity index (χ1n) is 7.69. The summed E-state index contributed by atoms with van der Waals surface area (Å²) in [6.07, 6.45) is 8.53. The van der Waals surface area contributed by atoms with Crippen LogP contribution in [0.4, 0.5) is 0 Å². The quantitative estimate of drug-likeness (QED) is 0.778. The summed E-state index contributed by atoms with van der Waals surface area (Å²) in [5.41, 5.74) is 0. The molecule has 0 radical (unpaired) electrons. The number of likely N-dealkylation sites (tertiary alicyclic amines) is 1. The zero-order valence-electron chi connectivity index (χ0n) is 11.5. The highest BCUT2D eigenvalue weighted by Crippen LogP contribution is 2.24. The molecule has 1 saturated heterocycles. The SMILES string of the molecule is O=C(CNC1=N[C@@H]2CCCC[C@@H]2N1)N1CCCCC1. The van der Waals surface area contributed by atoms with E-state index in [9.17, 15) is 4.79 Å². The Morgan fingerprint density at radius 3 is 2.79 bits per heavy atom. The van der Waals surface area contributed by atoms with Gasteiger partial charge in [-0.25, -0.2) is 4.99 Å². The molecule has 2 N–H and O–H groups in total. The summed E-state index contributed by atoms with van der Waals surface area (Å²) in [4.78, 5) is 18.7. The van der Waals surface area contributed by atoms with Crippen LogP contribution in [0.5, 0.6) is 0 Å². The van der Waals surface area contributed by atoms with Gasteiger partial charge >= 0.3 is 0 Å². The van der Waals surface area contributed by atoms with Crippen molar-refractivity contribution in [3.63, 3.8) is 0 Å². The summed E-state index contributed by atoms with van der Waals surface area (Å²) in [5.74, 6) is 1.04. The second kappa shape index (κ2) is 5.80. The van der Waals surface area contributed by atoms with Crippen LogP contribution in [0.25, 0.3) is 0 Å². The maximum absolute atomic E-state index is 12.0. The first kappa shape index (κ1) is 12.8. The van der Waals surface area contributed by atoms with Crippen LogP contribution in [0.15, 0.2) is 4.99 Å². The Hall–Kier alpha value is -1.26. The summed E-state index contributed by atoms with van der Waals surface area (Å²) in [7, 11) is 0. The molecule has 0 aromatic heterocycles. The summed E-state index contributed by atoms with van der Waals surface area (Å²) in [6.45, 7) is 2.22. The molecule has 106 valence electrons. The van der Waals surface area contributed by atoms with Crippen LogP contribution in [0.2, 0.25) is 0 Å².